The van der Waals surface area contributed by atoms with Gasteiger partial charge >= 0.3 is 0 Å². The summed E-state index contributed by atoms with van der Waals surface area (Å²) in [5.41, 5.74) is 11.5. The minimum Gasteiger partial charge on any atom is -0.292 e. The summed E-state index contributed by atoms with van der Waals surface area (Å²) in [6.07, 6.45) is 2.17. The number of rotatable bonds is 1. The second kappa shape index (κ2) is 5.68. The quantitative estimate of drug-likeness (QED) is 0.331. The van der Waals surface area contributed by atoms with Crippen molar-refractivity contribution in [3.8, 4) is 11.1 Å². The lowest BCUT2D eigenvalue weighted by Gasteiger charge is -2.23. The summed E-state index contributed by atoms with van der Waals surface area (Å²) in [7, 11) is 0. The van der Waals surface area contributed by atoms with Crippen LogP contribution in [0.3, 0.4) is 0 Å². The molecule has 1 aliphatic rings. The minimum absolute atomic E-state index is 0.500. The Morgan fingerprint density at radius 2 is 1.68 bits per heavy atom. The molecule has 0 aliphatic heterocycles. The van der Waals surface area contributed by atoms with Gasteiger partial charge in [0.25, 0.3) is 0 Å². The first-order valence-corrected chi connectivity index (χ1v) is 10.2. The maximum absolute atomic E-state index is 5.14. The smallest absolute Gasteiger partial charge is 0.146 e. The van der Waals surface area contributed by atoms with Crippen molar-refractivity contribution in [2.45, 2.75) is 32.6 Å². The van der Waals surface area contributed by atoms with E-state index in [1.807, 2.05) is 0 Å². The van der Waals surface area contributed by atoms with E-state index in [4.69, 9.17) is 4.98 Å². The molecule has 0 bridgehead atoms. The first-order valence-electron chi connectivity index (χ1n) is 10.2. The third kappa shape index (κ3) is 2.06. The van der Waals surface area contributed by atoms with Crippen LogP contribution in [-0.4, -0.2) is 9.38 Å². The van der Waals surface area contributed by atoms with Gasteiger partial charge in [-0.25, -0.2) is 4.98 Å². The molecule has 0 saturated heterocycles. The van der Waals surface area contributed by atoms with Gasteiger partial charge in [0.1, 0.15) is 5.65 Å². The second-order valence-corrected chi connectivity index (χ2v) is 8.20. The van der Waals surface area contributed by atoms with E-state index in [1.54, 1.807) is 0 Å². The summed E-state index contributed by atoms with van der Waals surface area (Å²) in [6.45, 7) is 4.50. The van der Waals surface area contributed by atoms with Crippen molar-refractivity contribution in [1.82, 2.24) is 9.38 Å². The van der Waals surface area contributed by atoms with Gasteiger partial charge in [-0.1, -0.05) is 62.4 Å². The zero-order valence-corrected chi connectivity index (χ0v) is 16.2. The third-order valence-electron chi connectivity index (χ3n) is 6.27. The Morgan fingerprint density at radius 3 is 2.57 bits per heavy atom. The van der Waals surface area contributed by atoms with Crippen molar-refractivity contribution in [3.05, 3.63) is 83.4 Å². The first-order chi connectivity index (χ1) is 13.7. The fourth-order valence-corrected chi connectivity index (χ4v) is 4.84. The molecule has 5 aromatic rings. The highest BCUT2D eigenvalue weighted by atomic mass is 15.0. The van der Waals surface area contributed by atoms with Crippen LogP contribution in [0.25, 0.3) is 38.7 Å². The maximum Gasteiger partial charge on any atom is 0.146 e. The number of nitrogens with zero attached hydrogens (tertiary/aromatic N) is 2. The molecule has 1 aliphatic carbocycles. The van der Waals surface area contributed by atoms with Crippen LogP contribution < -0.4 is 0 Å². The van der Waals surface area contributed by atoms with Crippen LogP contribution in [0.15, 0.2) is 66.7 Å². The van der Waals surface area contributed by atoms with Gasteiger partial charge in [-0.2, -0.15) is 0 Å². The Kier molecular flexibility index (Phi) is 3.22. The number of para-hydroxylation sites is 1. The lowest BCUT2D eigenvalue weighted by atomic mass is 9.84. The van der Waals surface area contributed by atoms with Crippen LogP contribution in [-0.2, 0) is 12.8 Å². The number of imidazole rings is 1. The number of aromatic nitrogens is 2. The molecule has 2 heteroatoms. The van der Waals surface area contributed by atoms with Gasteiger partial charge in [-0.05, 0) is 59.2 Å². The zero-order valence-electron chi connectivity index (χ0n) is 16.2. The first kappa shape index (κ1) is 15.9. The molecule has 0 spiro atoms. The van der Waals surface area contributed by atoms with E-state index in [-0.39, 0.29) is 0 Å². The number of pyridine rings is 1. The molecular formula is C26H22N2. The Bertz CT molecular complexity index is 1390. The van der Waals surface area contributed by atoms with Crippen LogP contribution in [0.1, 0.15) is 36.5 Å². The van der Waals surface area contributed by atoms with Crippen LogP contribution >= 0.6 is 0 Å². The van der Waals surface area contributed by atoms with Crippen LogP contribution in [0.4, 0.5) is 0 Å². The van der Waals surface area contributed by atoms with Gasteiger partial charge in [0, 0.05) is 10.9 Å². The van der Waals surface area contributed by atoms with E-state index in [0.29, 0.717) is 5.92 Å². The van der Waals surface area contributed by atoms with Crippen molar-refractivity contribution >= 4 is 27.6 Å². The summed E-state index contributed by atoms with van der Waals surface area (Å²) in [6, 6.07) is 24.4. The summed E-state index contributed by atoms with van der Waals surface area (Å²) in [4.78, 5) is 5.14. The molecular weight excluding hydrogens is 340 g/mol. The highest BCUT2D eigenvalue weighted by molar-refractivity contribution is 6.02. The number of fused-ring (bicyclic) bond motifs is 10. The Morgan fingerprint density at radius 1 is 0.857 bits per heavy atom. The van der Waals surface area contributed by atoms with Gasteiger partial charge < -0.3 is 0 Å². The predicted octanol–water partition coefficient (Wildman–Crippen LogP) is 6.53. The maximum atomic E-state index is 5.14. The molecule has 0 fully saturated rings. The predicted molar refractivity (Wildman–Crippen MR) is 117 cm³/mol. The van der Waals surface area contributed by atoms with E-state index in [1.165, 1.54) is 44.2 Å². The van der Waals surface area contributed by atoms with E-state index in [2.05, 4.69) is 85.0 Å². The lowest BCUT2D eigenvalue weighted by molar-refractivity contribution is 0.868. The van der Waals surface area contributed by atoms with Gasteiger partial charge in [-0.3, -0.25) is 4.40 Å². The average molecular weight is 362 g/mol. The molecule has 2 heterocycles. The van der Waals surface area contributed by atoms with Gasteiger partial charge in [0.15, 0.2) is 0 Å². The molecule has 0 N–H and O–H groups in total. The van der Waals surface area contributed by atoms with Crippen LogP contribution in [0, 0.1) is 0 Å². The molecule has 2 aromatic heterocycles. The van der Waals surface area contributed by atoms with E-state index < -0.39 is 0 Å². The molecule has 3 aromatic carbocycles. The fourth-order valence-electron chi connectivity index (χ4n) is 4.84. The normalized spacial score (nSPS) is 13.4. The highest BCUT2D eigenvalue weighted by Crippen LogP contribution is 2.41. The van der Waals surface area contributed by atoms with Crippen molar-refractivity contribution in [2.75, 3.05) is 0 Å². The Hall–Kier alpha value is -3.13. The van der Waals surface area contributed by atoms with E-state index in [0.717, 1.165) is 24.0 Å². The standard InChI is InChI=1S/C26H22N2/c1-16(2)18-12-14-22-24(15-18)28-23-10-6-5-9-20(23)21-13-11-17-7-3-4-8-19(17)25(21)26(28)27-22/h3-10,12,14-16H,11,13H2,1-2H3. The van der Waals surface area contributed by atoms with Crippen molar-refractivity contribution in [1.29, 1.82) is 0 Å². The monoisotopic (exact) mass is 362 g/mol. The van der Waals surface area contributed by atoms with Crippen LogP contribution in [0.5, 0.6) is 0 Å². The lowest BCUT2D eigenvalue weighted by Crippen LogP contribution is -2.07. The van der Waals surface area contributed by atoms with E-state index in [9.17, 15) is 0 Å². The van der Waals surface area contributed by atoms with Crippen molar-refractivity contribution in [2.24, 2.45) is 0 Å². The summed E-state index contributed by atoms with van der Waals surface area (Å²) >= 11 is 0. The molecule has 28 heavy (non-hydrogen) atoms. The van der Waals surface area contributed by atoms with Gasteiger partial charge in [0.05, 0.1) is 16.6 Å². The largest absolute Gasteiger partial charge is 0.292 e. The number of hydrogen-bond donors (Lipinski definition) is 0. The van der Waals surface area contributed by atoms with Crippen LogP contribution in [0.2, 0.25) is 0 Å². The third-order valence-corrected chi connectivity index (χ3v) is 6.27. The van der Waals surface area contributed by atoms with Crippen molar-refractivity contribution < 1.29 is 0 Å². The molecule has 2 nitrogen and oxygen atoms in total. The fraction of sp³-hybridized carbons (Fsp3) is 0.192. The molecule has 0 unspecified atom stereocenters. The summed E-state index contributed by atoms with van der Waals surface area (Å²) < 4.78 is 2.39. The molecule has 136 valence electrons. The minimum atomic E-state index is 0.500. The Balaban J connectivity index is 1.87. The number of aryl methyl sites for hydroxylation is 2. The van der Waals surface area contributed by atoms with Gasteiger partial charge in [-0.15, -0.1) is 0 Å². The number of hydrogen-bond acceptors (Lipinski definition) is 1. The molecule has 0 amide bonds. The molecule has 6 rings (SSSR count). The second-order valence-electron chi connectivity index (χ2n) is 8.20. The topological polar surface area (TPSA) is 17.3 Å². The number of benzene rings is 3. The Labute approximate surface area is 164 Å². The van der Waals surface area contributed by atoms with Gasteiger partial charge in [0.2, 0.25) is 0 Å². The van der Waals surface area contributed by atoms with Crippen molar-refractivity contribution in [3.63, 3.8) is 0 Å². The highest BCUT2D eigenvalue weighted by Gasteiger charge is 2.24. The summed E-state index contributed by atoms with van der Waals surface area (Å²) in [5.74, 6) is 0.500. The van der Waals surface area contributed by atoms with E-state index >= 15 is 0 Å². The average Bonchev–Trinajstić information content (AvgIpc) is 3.12. The molecule has 0 radical (unpaired) electrons. The summed E-state index contributed by atoms with van der Waals surface area (Å²) in [5, 5.41) is 1.36. The SMILES string of the molecule is CC(C)c1ccc2nc3c4c(c5ccccc5n3c2c1)CCc1ccccc1-4. The molecule has 0 saturated carbocycles. The zero-order chi connectivity index (χ0) is 18.8. The molecule has 0 atom stereocenters.